The van der Waals surface area contributed by atoms with E-state index >= 15 is 0 Å². The lowest BCUT2D eigenvalue weighted by Gasteiger charge is -2.10. The molecule has 3 heterocycles. The van der Waals surface area contributed by atoms with Gasteiger partial charge in [-0.3, -0.25) is 4.99 Å². The molecule has 126 valence electrons. The van der Waals surface area contributed by atoms with Crippen LogP contribution in [0, 0.1) is 13.8 Å². The molecule has 3 aromatic rings. The Kier molecular flexibility index (Phi) is 4.95. The number of nitrogens with zero attached hydrogens (tertiary/aromatic N) is 3. The minimum atomic E-state index is 0.524. The quantitative estimate of drug-likeness (QED) is 0.546. The van der Waals surface area contributed by atoms with Crippen molar-refractivity contribution in [3.05, 3.63) is 46.5 Å². The van der Waals surface area contributed by atoms with E-state index in [0.717, 1.165) is 27.6 Å². The monoisotopic (exact) mass is 345 g/mol. The standard InChI is InChI=1S/C16H19N5O2S/c1-10-13(11(2)23-21-10)8-19-16(17-3)18-7-12-9-22-15(20-12)14-5-4-6-24-14/h4-6,9H,7-8H2,1-3H3,(H2,17,18,19). The van der Waals surface area contributed by atoms with E-state index in [2.05, 4.69) is 25.8 Å². The molecule has 3 rings (SSSR count). The van der Waals surface area contributed by atoms with Gasteiger partial charge in [0, 0.05) is 19.2 Å². The zero-order chi connectivity index (χ0) is 16.9. The minimum Gasteiger partial charge on any atom is -0.443 e. The number of aliphatic imine (C=N–C) groups is 1. The third-order valence-electron chi connectivity index (χ3n) is 3.56. The lowest BCUT2D eigenvalue weighted by atomic mass is 10.2. The zero-order valence-electron chi connectivity index (χ0n) is 13.8. The van der Waals surface area contributed by atoms with Crippen molar-refractivity contribution >= 4 is 17.3 Å². The summed E-state index contributed by atoms with van der Waals surface area (Å²) in [5.41, 5.74) is 2.74. The van der Waals surface area contributed by atoms with Crippen molar-refractivity contribution in [2.24, 2.45) is 4.99 Å². The molecule has 0 bridgehead atoms. The molecule has 0 aliphatic rings. The molecule has 0 atom stereocenters. The molecule has 0 spiro atoms. The Labute approximate surface area is 143 Å². The average Bonchev–Trinajstić information content (AvgIpc) is 3.31. The number of guanidine groups is 1. The topological polar surface area (TPSA) is 88.5 Å². The van der Waals surface area contributed by atoms with Crippen molar-refractivity contribution in [1.29, 1.82) is 0 Å². The molecule has 0 unspecified atom stereocenters. The predicted molar refractivity (Wildman–Crippen MR) is 92.8 cm³/mol. The van der Waals surface area contributed by atoms with Gasteiger partial charge in [0.15, 0.2) is 5.96 Å². The maximum atomic E-state index is 5.50. The van der Waals surface area contributed by atoms with Gasteiger partial charge < -0.3 is 19.6 Å². The minimum absolute atomic E-state index is 0.524. The van der Waals surface area contributed by atoms with Crippen LogP contribution in [0.25, 0.3) is 10.8 Å². The Balaban J connectivity index is 1.55. The third-order valence-corrected chi connectivity index (χ3v) is 4.42. The smallest absolute Gasteiger partial charge is 0.236 e. The predicted octanol–water partition coefficient (Wildman–Crippen LogP) is 2.87. The number of aromatic nitrogens is 2. The molecule has 24 heavy (non-hydrogen) atoms. The molecule has 0 amide bonds. The van der Waals surface area contributed by atoms with Crippen LogP contribution in [0.4, 0.5) is 0 Å². The van der Waals surface area contributed by atoms with Crippen LogP contribution in [-0.4, -0.2) is 23.1 Å². The molecular formula is C16H19N5O2S. The Morgan fingerprint density at radius 2 is 2.12 bits per heavy atom. The van der Waals surface area contributed by atoms with Gasteiger partial charge in [0.05, 0.1) is 22.8 Å². The van der Waals surface area contributed by atoms with Crippen LogP contribution >= 0.6 is 11.3 Å². The van der Waals surface area contributed by atoms with E-state index in [1.807, 2.05) is 31.4 Å². The first-order chi connectivity index (χ1) is 11.7. The number of hydrogen-bond acceptors (Lipinski definition) is 6. The molecule has 0 aliphatic heterocycles. The number of thiophene rings is 1. The highest BCUT2D eigenvalue weighted by atomic mass is 32.1. The van der Waals surface area contributed by atoms with Crippen LogP contribution in [0.3, 0.4) is 0 Å². The highest BCUT2D eigenvalue weighted by Crippen LogP contribution is 2.23. The summed E-state index contributed by atoms with van der Waals surface area (Å²) in [6.45, 7) is 4.94. The summed E-state index contributed by atoms with van der Waals surface area (Å²) in [5, 5.41) is 12.4. The fraction of sp³-hybridized carbons (Fsp3) is 0.312. The van der Waals surface area contributed by atoms with Crippen molar-refractivity contribution < 1.29 is 8.94 Å². The summed E-state index contributed by atoms with van der Waals surface area (Å²) in [6.07, 6.45) is 1.66. The molecular weight excluding hydrogens is 326 g/mol. The van der Waals surface area contributed by atoms with Crippen molar-refractivity contribution in [1.82, 2.24) is 20.8 Å². The third kappa shape index (κ3) is 3.65. The zero-order valence-corrected chi connectivity index (χ0v) is 14.6. The van der Waals surface area contributed by atoms with Crippen molar-refractivity contribution in [3.63, 3.8) is 0 Å². The molecule has 0 radical (unpaired) electrons. The maximum Gasteiger partial charge on any atom is 0.236 e. The van der Waals surface area contributed by atoms with Gasteiger partial charge in [0.25, 0.3) is 0 Å². The van der Waals surface area contributed by atoms with E-state index in [1.54, 1.807) is 24.6 Å². The van der Waals surface area contributed by atoms with Gasteiger partial charge in [-0.25, -0.2) is 4.98 Å². The number of rotatable bonds is 5. The lowest BCUT2D eigenvalue weighted by Crippen LogP contribution is -2.36. The van der Waals surface area contributed by atoms with Crippen LogP contribution in [0.15, 0.2) is 37.7 Å². The van der Waals surface area contributed by atoms with Gasteiger partial charge in [0.2, 0.25) is 5.89 Å². The van der Waals surface area contributed by atoms with Crippen LogP contribution in [0.5, 0.6) is 0 Å². The SMILES string of the molecule is CN=C(NCc1coc(-c2cccs2)n1)NCc1c(C)noc1C. The van der Waals surface area contributed by atoms with E-state index in [-0.39, 0.29) is 0 Å². The average molecular weight is 345 g/mol. The number of aryl methyl sites for hydroxylation is 2. The first kappa shape index (κ1) is 16.3. The number of nitrogens with one attached hydrogen (secondary N) is 2. The summed E-state index contributed by atoms with van der Waals surface area (Å²) >= 11 is 1.60. The first-order valence-electron chi connectivity index (χ1n) is 7.52. The molecule has 0 aromatic carbocycles. The normalized spacial score (nSPS) is 11.7. The summed E-state index contributed by atoms with van der Waals surface area (Å²) in [4.78, 5) is 9.69. The fourth-order valence-corrected chi connectivity index (χ4v) is 2.88. The van der Waals surface area contributed by atoms with Gasteiger partial charge in [-0.1, -0.05) is 11.2 Å². The highest BCUT2D eigenvalue weighted by Gasteiger charge is 2.10. The summed E-state index contributed by atoms with van der Waals surface area (Å²) in [7, 11) is 1.72. The number of hydrogen-bond donors (Lipinski definition) is 2. The molecule has 0 saturated heterocycles. The van der Waals surface area contributed by atoms with E-state index in [4.69, 9.17) is 8.94 Å². The molecule has 0 aliphatic carbocycles. The fourth-order valence-electron chi connectivity index (χ4n) is 2.22. The number of oxazole rings is 1. The van der Waals surface area contributed by atoms with E-state index < -0.39 is 0 Å². The first-order valence-corrected chi connectivity index (χ1v) is 8.40. The second-order valence-electron chi connectivity index (χ2n) is 5.20. The van der Waals surface area contributed by atoms with Crippen molar-refractivity contribution in [3.8, 4) is 10.8 Å². The molecule has 7 nitrogen and oxygen atoms in total. The molecule has 8 heteroatoms. The van der Waals surface area contributed by atoms with Gasteiger partial charge >= 0.3 is 0 Å². The summed E-state index contributed by atoms with van der Waals surface area (Å²) in [6, 6.07) is 3.96. The van der Waals surface area contributed by atoms with Crippen LogP contribution in [0.2, 0.25) is 0 Å². The van der Waals surface area contributed by atoms with Crippen LogP contribution < -0.4 is 10.6 Å². The molecule has 0 fully saturated rings. The van der Waals surface area contributed by atoms with Crippen LogP contribution in [0.1, 0.15) is 22.7 Å². The second-order valence-corrected chi connectivity index (χ2v) is 6.15. The second kappa shape index (κ2) is 7.31. The van der Waals surface area contributed by atoms with Gasteiger partial charge in [-0.15, -0.1) is 11.3 Å². The highest BCUT2D eigenvalue weighted by molar-refractivity contribution is 7.13. The summed E-state index contributed by atoms with van der Waals surface area (Å²) < 4.78 is 10.7. The Morgan fingerprint density at radius 1 is 1.29 bits per heavy atom. The van der Waals surface area contributed by atoms with E-state index in [0.29, 0.717) is 24.9 Å². The van der Waals surface area contributed by atoms with Crippen molar-refractivity contribution in [2.75, 3.05) is 7.05 Å². The largest absolute Gasteiger partial charge is 0.443 e. The maximum absolute atomic E-state index is 5.50. The van der Waals surface area contributed by atoms with Gasteiger partial charge in [0.1, 0.15) is 12.0 Å². The van der Waals surface area contributed by atoms with Gasteiger partial charge in [-0.05, 0) is 25.3 Å². The van der Waals surface area contributed by atoms with Gasteiger partial charge in [-0.2, -0.15) is 0 Å². The Hall–Kier alpha value is -2.61. The Bertz CT molecular complexity index is 800. The van der Waals surface area contributed by atoms with Crippen LogP contribution in [-0.2, 0) is 13.1 Å². The lowest BCUT2D eigenvalue weighted by molar-refractivity contribution is 0.392. The molecule has 2 N–H and O–H groups in total. The Morgan fingerprint density at radius 3 is 2.79 bits per heavy atom. The molecule has 0 saturated carbocycles. The van der Waals surface area contributed by atoms with E-state index in [9.17, 15) is 0 Å². The molecule has 3 aromatic heterocycles. The summed E-state index contributed by atoms with van der Waals surface area (Å²) in [5.74, 6) is 2.13. The van der Waals surface area contributed by atoms with Crippen molar-refractivity contribution in [2.45, 2.75) is 26.9 Å². The van der Waals surface area contributed by atoms with E-state index in [1.165, 1.54) is 0 Å².